The molecule has 1 aliphatic rings. The van der Waals surface area contributed by atoms with Gasteiger partial charge in [0.15, 0.2) is 0 Å². The van der Waals surface area contributed by atoms with Gasteiger partial charge in [0.05, 0.1) is 0 Å². The molecular formula is C14H22N2. The van der Waals surface area contributed by atoms with Crippen LogP contribution in [0.2, 0.25) is 0 Å². The zero-order valence-electron chi connectivity index (χ0n) is 10.2. The molecule has 2 N–H and O–H groups in total. The number of rotatable bonds is 3. The van der Waals surface area contributed by atoms with E-state index < -0.39 is 0 Å². The predicted octanol–water partition coefficient (Wildman–Crippen LogP) is 2.54. The zero-order chi connectivity index (χ0) is 11.4. The maximum atomic E-state index is 5.77. The lowest BCUT2D eigenvalue weighted by Gasteiger charge is -2.30. The van der Waals surface area contributed by atoms with Gasteiger partial charge in [-0.15, -0.1) is 0 Å². The van der Waals surface area contributed by atoms with Gasteiger partial charge >= 0.3 is 0 Å². The third kappa shape index (κ3) is 3.24. The van der Waals surface area contributed by atoms with Gasteiger partial charge < -0.3 is 10.6 Å². The molecule has 0 spiro atoms. The van der Waals surface area contributed by atoms with Gasteiger partial charge in [0.1, 0.15) is 0 Å². The lowest BCUT2D eigenvalue weighted by atomic mass is 9.99. The molecule has 2 rings (SSSR count). The van der Waals surface area contributed by atoms with Crippen LogP contribution in [-0.4, -0.2) is 24.5 Å². The Morgan fingerprint density at radius 2 is 2.06 bits per heavy atom. The van der Waals surface area contributed by atoms with Crippen LogP contribution < -0.4 is 5.73 Å². The molecule has 0 bridgehead atoms. The van der Waals surface area contributed by atoms with Crippen molar-refractivity contribution in [2.24, 2.45) is 5.92 Å². The second-order valence-electron chi connectivity index (χ2n) is 5.02. The first-order valence-corrected chi connectivity index (χ1v) is 6.31. The van der Waals surface area contributed by atoms with Crippen LogP contribution in [0.1, 0.15) is 25.3 Å². The third-order valence-electron chi connectivity index (χ3n) is 3.54. The summed E-state index contributed by atoms with van der Waals surface area (Å²) in [4.78, 5) is 2.57. The highest BCUT2D eigenvalue weighted by molar-refractivity contribution is 5.40. The van der Waals surface area contributed by atoms with Gasteiger partial charge in [-0.3, -0.25) is 0 Å². The van der Waals surface area contributed by atoms with E-state index >= 15 is 0 Å². The van der Waals surface area contributed by atoms with Crippen molar-refractivity contribution >= 4 is 5.69 Å². The van der Waals surface area contributed by atoms with E-state index in [2.05, 4.69) is 24.0 Å². The molecule has 2 heteroatoms. The summed E-state index contributed by atoms with van der Waals surface area (Å²) in [5.41, 5.74) is 8.01. The van der Waals surface area contributed by atoms with E-state index in [0.717, 1.165) is 18.0 Å². The first-order chi connectivity index (χ1) is 7.74. The van der Waals surface area contributed by atoms with Crippen LogP contribution >= 0.6 is 0 Å². The fraction of sp³-hybridized carbons (Fsp3) is 0.571. The van der Waals surface area contributed by atoms with Crippen molar-refractivity contribution in [1.82, 2.24) is 4.90 Å². The molecule has 0 saturated carbocycles. The van der Waals surface area contributed by atoms with Gasteiger partial charge in [0.25, 0.3) is 0 Å². The topological polar surface area (TPSA) is 29.3 Å². The van der Waals surface area contributed by atoms with Crippen molar-refractivity contribution in [2.45, 2.75) is 26.2 Å². The second kappa shape index (κ2) is 5.35. The average Bonchev–Trinajstić information content (AvgIpc) is 2.28. The number of anilines is 1. The van der Waals surface area contributed by atoms with Crippen LogP contribution in [0.15, 0.2) is 24.3 Å². The number of nitrogens with two attached hydrogens (primary N) is 1. The number of benzene rings is 1. The fourth-order valence-electron chi connectivity index (χ4n) is 2.32. The summed E-state index contributed by atoms with van der Waals surface area (Å²) in [5, 5.41) is 0. The Hall–Kier alpha value is -1.02. The molecule has 1 aliphatic heterocycles. The molecule has 0 unspecified atom stereocenters. The molecule has 1 saturated heterocycles. The van der Waals surface area contributed by atoms with Crippen LogP contribution in [0.25, 0.3) is 0 Å². The predicted molar refractivity (Wildman–Crippen MR) is 69.4 cm³/mol. The van der Waals surface area contributed by atoms with Gasteiger partial charge in [0, 0.05) is 12.2 Å². The van der Waals surface area contributed by atoms with E-state index in [-0.39, 0.29) is 0 Å². The van der Waals surface area contributed by atoms with Crippen molar-refractivity contribution in [2.75, 3.05) is 25.4 Å². The van der Waals surface area contributed by atoms with Crippen molar-refractivity contribution in [1.29, 1.82) is 0 Å². The number of hydrogen-bond donors (Lipinski definition) is 1. The summed E-state index contributed by atoms with van der Waals surface area (Å²) >= 11 is 0. The van der Waals surface area contributed by atoms with E-state index in [1.54, 1.807) is 0 Å². The largest absolute Gasteiger partial charge is 0.399 e. The fourth-order valence-corrected chi connectivity index (χ4v) is 2.32. The molecule has 0 atom stereocenters. The Kier molecular flexibility index (Phi) is 3.83. The molecule has 1 aromatic carbocycles. The van der Waals surface area contributed by atoms with Crippen LogP contribution in [0.4, 0.5) is 5.69 Å². The lowest BCUT2D eigenvalue weighted by Crippen LogP contribution is -2.34. The molecule has 1 aromatic rings. The highest BCUT2D eigenvalue weighted by atomic mass is 15.1. The highest BCUT2D eigenvalue weighted by Crippen LogP contribution is 2.16. The summed E-state index contributed by atoms with van der Waals surface area (Å²) in [6, 6.07) is 8.25. The molecule has 1 fully saturated rings. The summed E-state index contributed by atoms with van der Waals surface area (Å²) < 4.78 is 0. The van der Waals surface area contributed by atoms with E-state index in [1.165, 1.54) is 38.0 Å². The smallest absolute Gasteiger partial charge is 0.0316 e. The Balaban J connectivity index is 1.79. The lowest BCUT2D eigenvalue weighted by molar-refractivity contribution is 0.194. The Labute approximate surface area is 98.4 Å². The van der Waals surface area contributed by atoms with Gasteiger partial charge in [-0.1, -0.05) is 19.1 Å². The molecule has 1 heterocycles. The normalized spacial score (nSPS) is 18.8. The maximum absolute atomic E-state index is 5.77. The summed E-state index contributed by atoms with van der Waals surface area (Å²) in [5.74, 6) is 0.920. The molecule has 0 amide bonds. The monoisotopic (exact) mass is 218 g/mol. The minimum absolute atomic E-state index is 0.879. The molecule has 2 nitrogen and oxygen atoms in total. The maximum Gasteiger partial charge on any atom is 0.0316 e. The van der Waals surface area contributed by atoms with E-state index in [4.69, 9.17) is 5.73 Å². The first kappa shape index (κ1) is 11.5. The molecular weight excluding hydrogens is 196 g/mol. The summed E-state index contributed by atoms with van der Waals surface area (Å²) in [6.45, 7) is 6.07. The highest BCUT2D eigenvalue weighted by Gasteiger charge is 2.14. The van der Waals surface area contributed by atoms with E-state index in [0.29, 0.717) is 0 Å². The summed E-state index contributed by atoms with van der Waals surface area (Å²) in [7, 11) is 0. The molecule has 0 radical (unpaired) electrons. The molecule has 88 valence electrons. The minimum Gasteiger partial charge on any atom is -0.399 e. The van der Waals surface area contributed by atoms with Crippen molar-refractivity contribution < 1.29 is 0 Å². The van der Waals surface area contributed by atoms with E-state index in [9.17, 15) is 0 Å². The summed E-state index contributed by atoms with van der Waals surface area (Å²) in [6.07, 6.45) is 3.84. The number of piperidine rings is 1. The van der Waals surface area contributed by atoms with Crippen LogP contribution in [-0.2, 0) is 6.42 Å². The van der Waals surface area contributed by atoms with Gasteiger partial charge in [-0.05, 0) is 56.0 Å². The number of nitrogen functional groups attached to an aromatic ring is 1. The van der Waals surface area contributed by atoms with E-state index in [1.807, 2.05) is 12.1 Å². The number of hydrogen-bond acceptors (Lipinski definition) is 2. The van der Waals surface area contributed by atoms with Gasteiger partial charge in [0.2, 0.25) is 0 Å². The van der Waals surface area contributed by atoms with Crippen LogP contribution in [0.5, 0.6) is 0 Å². The SMILES string of the molecule is CC1CCN(CCc2cccc(N)c2)CC1. The Morgan fingerprint density at radius 3 is 2.75 bits per heavy atom. The van der Waals surface area contributed by atoms with Crippen molar-refractivity contribution in [3.8, 4) is 0 Å². The zero-order valence-corrected chi connectivity index (χ0v) is 10.2. The average molecular weight is 218 g/mol. The Morgan fingerprint density at radius 1 is 1.31 bits per heavy atom. The Bertz CT molecular complexity index is 327. The quantitative estimate of drug-likeness (QED) is 0.790. The minimum atomic E-state index is 0.879. The second-order valence-corrected chi connectivity index (χ2v) is 5.02. The number of nitrogens with zero attached hydrogens (tertiary/aromatic N) is 1. The first-order valence-electron chi connectivity index (χ1n) is 6.31. The standard InChI is InChI=1S/C14H22N2/c1-12-5-8-16(9-6-12)10-7-13-3-2-4-14(15)11-13/h2-4,11-12H,5-10,15H2,1H3. The molecule has 0 aromatic heterocycles. The number of likely N-dealkylation sites (tertiary alicyclic amines) is 1. The molecule has 16 heavy (non-hydrogen) atoms. The van der Waals surface area contributed by atoms with Crippen molar-refractivity contribution in [3.63, 3.8) is 0 Å². The molecule has 0 aliphatic carbocycles. The van der Waals surface area contributed by atoms with Crippen LogP contribution in [0.3, 0.4) is 0 Å². The van der Waals surface area contributed by atoms with Crippen LogP contribution in [0, 0.1) is 5.92 Å². The van der Waals surface area contributed by atoms with Crippen molar-refractivity contribution in [3.05, 3.63) is 29.8 Å². The third-order valence-corrected chi connectivity index (χ3v) is 3.54. The van der Waals surface area contributed by atoms with Gasteiger partial charge in [-0.25, -0.2) is 0 Å². The van der Waals surface area contributed by atoms with Gasteiger partial charge in [-0.2, -0.15) is 0 Å².